The monoisotopic (exact) mass is 272 g/mol. The molecule has 3 heteroatoms. The van der Waals surface area contributed by atoms with Gasteiger partial charge in [-0.15, -0.1) is 6.42 Å². The first kappa shape index (κ1) is 12.6. The summed E-state index contributed by atoms with van der Waals surface area (Å²) in [6.45, 7) is 0. The van der Waals surface area contributed by atoms with Crippen LogP contribution in [-0.4, -0.2) is 20.5 Å². The molecule has 0 aromatic heterocycles. The second kappa shape index (κ2) is 4.94. The molecule has 0 radical (unpaired) electrons. The van der Waals surface area contributed by atoms with Crippen LogP contribution in [0.3, 0.4) is 0 Å². The summed E-state index contributed by atoms with van der Waals surface area (Å²) < 4.78 is 12.0. The molecule has 2 saturated heterocycles. The van der Waals surface area contributed by atoms with E-state index in [1.807, 2.05) is 24.3 Å². The largest absolute Gasteiger partial charge is 0.294 e. The van der Waals surface area contributed by atoms with Crippen molar-refractivity contribution in [2.75, 3.05) is 0 Å². The van der Waals surface area contributed by atoms with Gasteiger partial charge in [-0.2, -0.15) is 0 Å². The number of carbonyl (C=O) groups is 1. The van der Waals surface area contributed by atoms with Crippen LogP contribution in [0.15, 0.2) is 24.3 Å². The van der Waals surface area contributed by atoms with Gasteiger partial charge in [0.1, 0.15) is 0 Å². The number of fused-ring (bicyclic) bond motifs is 2. The van der Waals surface area contributed by atoms with Crippen molar-refractivity contribution >= 4 is 16.6 Å². The van der Waals surface area contributed by atoms with E-state index in [0.29, 0.717) is 0 Å². The van der Waals surface area contributed by atoms with E-state index in [2.05, 4.69) is 5.92 Å². The molecule has 2 aliphatic heterocycles. The van der Waals surface area contributed by atoms with Crippen LogP contribution in [0.1, 0.15) is 41.6 Å². The van der Waals surface area contributed by atoms with Gasteiger partial charge < -0.3 is 0 Å². The Kier molecular flexibility index (Phi) is 3.28. The maximum atomic E-state index is 12.5. The highest BCUT2D eigenvalue weighted by Gasteiger charge is 2.42. The first-order chi connectivity index (χ1) is 9.19. The van der Waals surface area contributed by atoms with Crippen molar-refractivity contribution in [2.24, 2.45) is 5.92 Å². The zero-order valence-corrected chi connectivity index (χ0v) is 11.5. The van der Waals surface area contributed by atoms with Crippen LogP contribution >= 0.6 is 0 Å². The maximum absolute atomic E-state index is 12.5. The van der Waals surface area contributed by atoms with E-state index in [-0.39, 0.29) is 22.2 Å². The zero-order valence-electron chi connectivity index (χ0n) is 10.7. The van der Waals surface area contributed by atoms with Crippen molar-refractivity contribution in [3.8, 4) is 12.3 Å². The minimum Gasteiger partial charge on any atom is -0.294 e. The Morgan fingerprint density at radius 1 is 1.16 bits per heavy atom. The lowest BCUT2D eigenvalue weighted by molar-refractivity contribution is 0.0906. The molecule has 0 N–H and O–H groups in total. The molecule has 3 rings (SSSR count). The van der Waals surface area contributed by atoms with Crippen LogP contribution in [0.25, 0.3) is 0 Å². The first-order valence-electron chi connectivity index (χ1n) is 6.69. The van der Waals surface area contributed by atoms with Crippen LogP contribution < -0.4 is 0 Å². The van der Waals surface area contributed by atoms with Gasteiger partial charge in [0.15, 0.2) is 5.78 Å². The first-order valence-corrected chi connectivity index (χ1v) is 7.97. The second-order valence-corrected chi connectivity index (χ2v) is 7.39. The average Bonchev–Trinajstić information content (AvgIpc) is 2.68. The smallest absolute Gasteiger partial charge is 0.166 e. The summed E-state index contributed by atoms with van der Waals surface area (Å²) in [4.78, 5) is 12.5. The summed E-state index contributed by atoms with van der Waals surface area (Å²) in [5.74, 6) is 2.79. The number of hydrogen-bond acceptors (Lipinski definition) is 2. The Morgan fingerprint density at radius 3 is 2.26 bits per heavy atom. The van der Waals surface area contributed by atoms with Gasteiger partial charge in [0.25, 0.3) is 0 Å². The fourth-order valence-corrected chi connectivity index (χ4v) is 5.34. The molecule has 2 fully saturated rings. The Labute approximate surface area is 116 Å². The van der Waals surface area contributed by atoms with Gasteiger partial charge in [-0.1, -0.05) is 18.1 Å². The van der Waals surface area contributed by atoms with Crippen molar-refractivity contribution in [3.05, 3.63) is 35.4 Å². The molecular weight excluding hydrogens is 256 g/mol. The lowest BCUT2D eigenvalue weighted by Gasteiger charge is -2.26. The van der Waals surface area contributed by atoms with E-state index in [9.17, 15) is 9.00 Å². The molecule has 2 nitrogen and oxygen atoms in total. The van der Waals surface area contributed by atoms with Crippen LogP contribution in [0.2, 0.25) is 0 Å². The number of Topliss-reactive ketones (excluding diaryl/α,β-unsaturated/α-hetero) is 1. The Bertz CT molecular complexity index is 551. The van der Waals surface area contributed by atoms with E-state index in [1.54, 1.807) is 0 Å². The van der Waals surface area contributed by atoms with Gasteiger partial charge in [0.2, 0.25) is 0 Å². The molecule has 1 aromatic rings. The van der Waals surface area contributed by atoms with Crippen molar-refractivity contribution < 1.29 is 9.00 Å². The highest BCUT2D eigenvalue weighted by molar-refractivity contribution is 7.86. The second-order valence-electron chi connectivity index (χ2n) is 5.40. The molecule has 2 heterocycles. The lowest BCUT2D eigenvalue weighted by atomic mass is 9.90. The molecule has 2 aliphatic rings. The summed E-state index contributed by atoms with van der Waals surface area (Å²) in [7, 11) is -0.696. The van der Waals surface area contributed by atoms with Crippen molar-refractivity contribution in [1.29, 1.82) is 0 Å². The normalized spacial score (nSPS) is 32.8. The van der Waals surface area contributed by atoms with E-state index in [4.69, 9.17) is 6.42 Å². The Morgan fingerprint density at radius 2 is 1.74 bits per heavy atom. The van der Waals surface area contributed by atoms with Gasteiger partial charge in [0.05, 0.1) is 0 Å². The Hall–Kier alpha value is -1.40. The summed E-state index contributed by atoms with van der Waals surface area (Å²) in [6.07, 6.45) is 8.94. The van der Waals surface area contributed by atoms with E-state index in [0.717, 1.165) is 36.8 Å². The fourth-order valence-electron chi connectivity index (χ4n) is 3.21. The molecule has 2 atom stereocenters. The summed E-state index contributed by atoms with van der Waals surface area (Å²) >= 11 is 0. The molecule has 0 aliphatic carbocycles. The molecular formula is C16H16O2S. The minimum absolute atomic E-state index is 0.0480. The van der Waals surface area contributed by atoms with E-state index >= 15 is 0 Å². The van der Waals surface area contributed by atoms with Gasteiger partial charge in [-0.05, 0) is 37.8 Å². The highest BCUT2D eigenvalue weighted by Crippen LogP contribution is 2.39. The fraction of sp³-hybridized carbons (Fsp3) is 0.438. The SMILES string of the molecule is C#Cc1ccc(C(=O)C2CC3CCC(C2)S3=O)cc1. The third-order valence-corrected chi connectivity index (χ3v) is 6.44. The van der Waals surface area contributed by atoms with Gasteiger partial charge in [0, 0.05) is 38.3 Å². The molecule has 0 amide bonds. The highest BCUT2D eigenvalue weighted by atomic mass is 32.2. The van der Waals surface area contributed by atoms with Gasteiger partial charge >= 0.3 is 0 Å². The average molecular weight is 272 g/mol. The molecule has 2 unspecified atom stereocenters. The van der Waals surface area contributed by atoms with Gasteiger partial charge in [-0.3, -0.25) is 9.00 Å². The molecule has 19 heavy (non-hydrogen) atoms. The predicted molar refractivity (Wildman–Crippen MR) is 76.4 cm³/mol. The van der Waals surface area contributed by atoms with Crippen molar-refractivity contribution in [1.82, 2.24) is 0 Å². The number of ketones is 1. The van der Waals surface area contributed by atoms with Crippen molar-refractivity contribution in [2.45, 2.75) is 36.2 Å². The number of terminal acetylenes is 1. The molecule has 2 bridgehead atoms. The quantitative estimate of drug-likeness (QED) is 0.612. The molecule has 1 aromatic carbocycles. The Balaban J connectivity index is 1.77. The van der Waals surface area contributed by atoms with Crippen molar-refractivity contribution in [3.63, 3.8) is 0 Å². The molecule has 98 valence electrons. The maximum Gasteiger partial charge on any atom is 0.166 e. The number of hydrogen-bond donors (Lipinski definition) is 0. The summed E-state index contributed by atoms with van der Waals surface area (Å²) in [5.41, 5.74) is 1.53. The molecule has 0 saturated carbocycles. The van der Waals surface area contributed by atoms with Gasteiger partial charge in [-0.25, -0.2) is 0 Å². The van der Waals surface area contributed by atoms with Crippen LogP contribution in [0.4, 0.5) is 0 Å². The van der Waals surface area contributed by atoms with Crippen LogP contribution in [-0.2, 0) is 10.8 Å². The van der Waals surface area contributed by atoms with Crippen LogP contribution in [0.5, 0.6) is 0 Å². The topological polar surface area (TPSA) is 34.1 Å². The van der Waals surface area contributed by atoms with E-state index in [1.165, 1.54) is 0 Å². The molecule has 0 spiro atoms. The minimum atomic E-state index is -0.696. The predicted octanol–water partition coefficient (Wildman–Crippen LogP) is 2.54. The third kappa shape index (κ3) is 2.26. The lowest BCUT2D eigenvalue weighted by Crippen LogP contribution is -2.32. The van der Waals surface area contributed by atoms with Crippen LogP contribution in [0, 0.1) is 18.3 Å². The standard InChI is InChI=1S/C16H16O2S/c1-2-11-3-5-12(6-4-11)16(17)13-9-14-7-8-15(10-13)19(14)18/h1,3-6,13-15H,7-10H2. The van der Waals surface area contributed by atoms with E-state index < -0.39 is 10.8 Å². The summed E-state index contributed by atoms with van der Waals surface area (Å²) in [5, 5.41) is 0.496. The number of rotatable bonds is 2. The number of benzene rings is 1. The number of carbonyl (C=O) groups excluding carboxylic acids is 1. The summed E-state index contributed by atoms with van der Waals surface area (Å²) in [6, 6.07) is 7.24. The zero-order chi connectivity index (χ0) is 13.4. The third-order valence-electron chi connectivity index (χ3n) is 4.27.